The third-order valence-corrected chi connectivity index (χ3v) is 6.01. The number of nitrogens with one attached hydrogen (secondary N) is 1. The SMILES string of the molecule is CCc1ccc(NC(=O)CSc2nnc(-c3ccccc3O)n2-c2ccccc2OC)cc1. The number of aromatic nitrogens is 3. The minimum absolute atomic E-state index is 0.0888. The van der Waals surface area contributed by atoms with E-state index in [1.54, 1.807) is 29.9 Å². The Balaban J connectivity index is 1.62. The van der Waals surface area contributed by atoms with Crippen molar-refractivity contribution >= 4 is 23.4 Å². The van der Waals surface area contributed by atoms with E-state index in [4.69, 9.17) is 4.74 Å². The third kappa shape index (κ3) is 5.01. The first-order valence-electron chi connectivity index (χ1n) is 10.5. The van der Waals surface area contributed by atoms with Gasteiger partial charge in [-0.15, -0.1) is 10.2 Å². The van der Waals surface area contributed by atoms with Crippen molar-refractivity contribution in [2.75, 3.05) is 18.2 Å². The van der Waals surface area contributed by atoms with Crippen molar-refractivity contribution in [3.8, 4) is 28.6 Å². The number of nitrogens with zero attached hydrogens (tertiary/aromatic N) is 3. The van der Waals surface area contributed by atoms with E-state index in [1.165, 1.54) is 17.3 Å². The lowest BCUT2D eigenvalue weighted by atomic mass is 10.1. The van der Waals surface area contributed by atoms with Gasteiger partial charge < -0.3 is 15.2 Å². The zero-order valence-electron chi connectivity index (χ0n) is 18.4. The maximum atomic E-state index is 12.6. The van der Waals surface area contributed by atoms with Crippen LogP contribution in [-0.2, 0) is 11.2 Å². The number of para-hydroxylation sites is 3. The maximum Gasteiger partial charge on any atom is 0.234 e. The van der Waals surface area contributed by atoms with Crippen LogP contribution < -0.4 is 10.1 Å². The number of rotatable bonds is 8. The maximum absolute atomic E-state index is 12.6. The molecule has 1 aromatic heterocycles. The van der Waals surface area contributed by atoms with Crippen LogP contribution in [0.1, 0.15) is 12.5 Å². The Bertz CT molecular complexity index is 1250. The fraction of sp³-hybridized carbons (Fsp3) is 0.160. The van der Waals surface area contributed by atoms with Gasteiger partial charge in [0.15, 0.2) is 11.0 Å². The predicted octanol–water partition coefficient (Wildman–Crippen LogP) is 4.94. The number of carbonyl (C=O) groups is 1. The molecule has 0 atom stereocenters. The summed E-state index contributed by atoms with van der Waals surface area (Å²) in [5.41, 5.74) is 3.20. The zero-order chi connectivity index (χ0) is 23.2. The molecule has 7 nitrogen and oxygen atoms in total. The molecule has 0 saturated carbocycles. The summed E-state index contributed by atoms with van der Waals surface area (Å²) in [5.74, 6) is 1.16. The van der Waals surface area contributed by atoms with E-state index in [1.807, 2.05) is 54.6 Å². The van der Waals surface area contributed by atoms with Crippen LogP contribution >= 0.6 is 11.8 Å². The lowest BCUT2D eigenvalue weighted by molar-refractivity contribution is -0.113. The average molecular weight is 461 g/mol. The molecular formula is C25H24N4O3S. The van der Waals surface area contributed by atoms with Crippen molar-refractivity contribution in [2.24, 2.45) is 0 Å². The number of thioether (sulfide) groups is 1. The van der Waals surface area contributed by atoms with Crippen molar-refractivity contribution in [1.82, 2.24) is 14.8 Å². The number of phenolic OH excluding ortho intramolecular Hbond substituents is 1. The van der Waals surface area contributed by atoms with E-state index >= 15 is 0 Å². The first-order chi connectivity index (χ1) is 16.1. The molecule has 3 aromatic carbocycles. The first-order valence-corrected chi connectivity index (χ1v) is 11.5. The largest absolute Gasteiger partial charge is 0.507 e. The molecule has 0 aliphatic heterocycles. The Morgan fingerprint density at radius 2 is 1.76 bits per heavy atom. The van der Waals surface area contributed by atoms with Crippen molar-refractivity contribution in [3.63, 3.8) is 0 Å². The molecule has 0 saturated heterocycles. The highest BCUT2D eigenvalue weighted by Crippen LogP contribution is 2.35. The molecule has 0 aliphatic rings. The van der Waals surface area contributed by atoms with E-state index in [2.05, 4.69) is 22.4 Å². The van der Waals surface area contributed by atoms with Gasteiger partial charge in [-0.2, -0.15) is 0 Å². The number of amides is 1. The van der Waals surface area contributed by atoms with Crippen molar-refractivity contribution in [1.29, 1.82) is 0 Å². The second kappa shape index (κ2) is 10.2. The Hall–Kier alpha value is -3.78. The molecule has 2 N–H and O–H groups in total. The number of hydrogen-bond donors (Lipinski definition) is 2. The Kier molecular flexibility index (Phi) is 6.95. The quantitative estimate of drug-likeness (QED) is 0.362. The number of aryl methyl sites for hydroxylation is 1. The first kappa shape index (κ1) is 22.4. The Morgan fingerprint density at radius 3 is 2.48 bits per heavy atom. The van der Waals surface area contributed by atoms with Crippen LogP contribution in [-0.4, -0.2) is 38.6 Å². The monoisotopic (exact) mass is 460 g/mol. The van der Waals surface area contributed by atoms with Crippen LogP contribution in [0.25, 0.3) is 17.1 Å². The van der Waals surface area contributed by atoms with E-state index < -0.39 is 0 Å². The van der Waals surface area contributed by atoms with Gasteiger partial charge >= 0.3 is 0 Å². The summed E-state index contributed by atoms with van der Waals surface area (Å²) in [4.78, 5) is 12.6. The number of aromatic hydroxyl groups is 1. The van der Waals surface area contributed by atoms with Crippen molar-refractivity contribution in [2.45, 2.75) is 18.5 Å². The smallest absolute Gasteiger partial charge is 0.234 e. The molecule has 0 bridgehead atoms. The van der Waals surface area contributed by atoms with E-state index in [0.717, 1.165) is 12.1 Å². The van der Waals surface area contributed by atoms with Gasteiger partial charge in [-0.3, -0.25) is 9.36 Å². The van der Waals surface area contributed by atoms with E-state index in [0.29, 0.717) is 28.0 Å². The van der Waals surface area contributed by atoms with Crippen LogP contribution in [0.3, 0.4) is 0 Å². The van der Waals surface area contributed by atoms with Gasteiger partial charge in [0.2, 0.25) is 5.91 Å². The molecule has 4 aromatic rings. The second-order valence-electron chi connectivity index (χ2n) is 7.22. The van der Waals surface area contributed by atoms with Gasteiger partial charge in [0, 0.05) is 5.69 Å². The number of carbonyl (C=O) groups excluding carboxylic acids is 1. The molecule has 0 spiro atoms. The predicted molar refractivity (Wildman–Crippen MR) is 130 cm³/mol. The number of benzene rings is 3. The van der Waals surface area contributed by atoms with Gasteiger partial charge in [-0.1, -0.05) is 55.1 Å². The molecule has 8 heteroatoms. The summed E-state index contributed by atoms with van der Waals surface area (Å²) in [6.45, 7) is 2.09. The van der Waals surface area contributed by atoms with Gasteiger partial charge in [-0.05, 0) is 48.4 Å². The lowest BCUT2D eigenvalue weighted by Gasteiger charge is -2.14. The van der Waals surface area contributed by atoms with Crippen LogP contribution in [0.2, 0.25) is 0 Å². The number of ether oxygens (including phenoxy) is 1. The molecule has 0 radical (unpaired) electrons. The van der Waals surface area contributed by atoms with Gasteiger partial charge in [0.25, 0.3) is 0 Å². The molecule has 1 amide bonds. The fourth-order valence-electron chi connectivity index (χ4n) is 3.38. The van der Waals surface area contributed by atoms with Gasteiger partial charge in [-0.25, -0.2) is 0 Å². The summed E-state index contributed by atoms with van der Waals surface area (Å²) in [5, 5.41) is 22.5. The second-order valence-corrected chi connectivity index (χ2v) is 8.16. The minimum atomic E-state index is -0.150. The summed E-state index contributed by atoms with van der Waals surface area (Å²) in [7, 11) is 1.59. The van der Waals surface area contributed by atoms with Crippen molar-refractivity contribution < 1.29 is 14.6 Å². The molecule has 1 heterocycles. The highest BCUT2D eigenvalue weighted by molar-refractivity contribution is 7.99. The topological polar surface area (TPSA) is 89.3 Å². The number of methoxy groups -OCH3 is 1. The Labute approximate surface area is 196 Å². The normalized spacial score (nSPS) is 10.7. The highest BCUT2D eigenvalue weighted by Gasteiger charge is 2.21. The minimum Gasteiger partial charge on any atom is -0.507 e. The van der Waals surface area contributed by atoms with E-state index in [-0.39, 0.29) is 17.4 Å². The van der Waals surface area contributed by atoms with Gasteiger partial charge in [0.05, 0.1) is 24.1 Å². The van der Waals surface area contributed by atoms with Crippen molar-refractivity contribution in [3.05, 3.63) is 78.4 Å². The molecule has 0 fully saturated rings. The number of phenols is 1. The van der Waals surface area contributed by atoms with Gasteiger partial charge in [0.1, 0.15) is 11.5 Å². The third-order valence-electron chi connectivity index (χ3n) is 5.08. The number of hydrogen-bond acceptors (Lipinski definition) is 6. The molecule has 0 unspecified atom stereocenters. The summed E-state index contributed by atoms with van der Waals surface area (Å²) in [6, 6.07) is 22.2. The molecule has 0 aliphatic carbocycles. The average Bonchev–Trinajstić information content (AvgIpc) is 3.27. The standard InChI is InChI=1S/C25H24N4O3S/c1-3-17-12-14-18(15-13-17)26-23(31)16-33-25-28-27-24(19-8-4-6-10-21(19)30)29(25)20-9-5-7-11-22(20)32-2/h4-15,30H,3,16H2,1-2H3,(H,26,31). The molecule has 168 valence electrons. The van der Waals surface area contributed by atoms with E-state index in [9.17, 15) is 9.90 Å². The van der Waals surface area contributed by atoms with Crippen LogP contribution in [0.15, 0.2) is 78.0 Å². The highest BCUT2D eigenvalue weighted by atomic mass is 32.2. The zero-order valence-corrected chi connectivity index (χ0v) is 19.2. The number of anilines is 1. The summed E-state index contributed by atoms with van der Waals surface area (Å²) >= 11 is 1.26. The molecule has 33 heavy (non-hydrogen) atoms. The molecule has 4 rings (SSSR count). The molecular weight excluding hydrogens is 436 g/mol. The Morgan fingerprint density at radius 1 is 1.03 bits per heavy atom. The van der Waals surface area contributed by atoms with Crippen LogP contribution in [0.4, 0.5) is 5.69 Å². The lowest BCUT2D eigenvalue weighted by Crippen LogP contribution is -2.14. The van der Waals surface area contributed by atoms with Crippen LogP contribution in [0.5, 0.6) is 11.5 Å². The summed E-state index contributed by atoms with van der Waals surface area (Å²) in [6.07, 6.45) is 0.946. The fourth-order valence-corrected chi connectivity index (χ4v) is 4.13. The summed E-state index contributed by atoms with van der Waals surface area (Å²) < 4.78 is 7.33. The van der Waals surface area contributed by atoms with Crippen LogP contribution in [0, 0.1) is 0 Å².